The minimum atomic E-state index is -0.567. The normalized spacial score (nSPS) is 10.3. The summed E-state index contributed by atoms with van der Waals surface area (Å²) >= 11 is 1.25. The van der Waals surface area contributed by atoms with Crippen molar-refractivity contribution in [2.24, 2.45) is 5.10 Å². The van der Waals surface area contributed by atoms with Crippen LogP contribution in [0.4, 0.5) is 15.6 Å². The number of thiazole rings is 1. The van der Waals surface area contributed by atoms with Crippen molar-refractivity contribution in [2.75, 3.05) is 11.9 Å². The lowest BCUT2D eigenvalue weighted by molar-refractivity contribution is -0.384. The highest BCUT2D eigenvalue weighted by Crippen LogP contribution is 2.11. The molecule has 10 nitrogen and oxygen atoms in total. The first kappa shape index (κ1) is 17.0. The summed E-state index contributed by atoms with van der Waals surface area (Å²) in [5.74, 6) is -0.550. The predicted molar refractivity (Wildman–Crippen MR) is 88.0 cm³/mol. The van der Waals surface area contributed by atoms with Crippen LogP contribution < -0.4 is 16.1 Å². The molecule has 0 saturated heterocycles. The van der Waals surface area contributed by atoms with Gasteiger partial charge in [-0.05, 0) is 0 Å². The number of anilines is 1. The Hall–Kier alpha value is -3.34. The van der Waals surface area contributed by atoms with Crippen LogP contribution in [0.1, 0.15) is 5.56 Å². The number of carbonyl (C=O) groups excluding carboxylic acids is 2. The van der Waals surface area contributed by atoms with E-state index >= 15 is 0 Å². The Labute approximate surface area is 139 Å². The standard InChI is InChI=1S/C13H12N6O4S/c20-11(8-15-12(21)17-13-14-4-5-24-13)18-16-7-9-2-1-3-10(6-9)19(22)23/h1-7H,8H2,(H,18,20)(H2,14,15,17,21)/b16-7+. The third-order valence-corrected chi connectivity index (χ3v) is 3.23. The second kappa shape index (κ2) is 8.33. The van der Waals surface area contributed by atoms with E-state index in [1.54, 1.807) is 11.4 Å². The number of nitrogens with one attached hydrogen (secondary N) is 3. The molecule has 0 aliphatic heterocycles. The second-order valence-corrected chi connectivity index (χ2v) is 5.18. The molecule has 0 spiro atoms. The number of nitrogens with zero attached hydrogens (tertiary/aromatic N) is 3. The third kappa shape index (κ3) is 5.46. The summed E-state index contributed by atoms with van der Waals surface area (Å²) in [6.07, 6.45) is 2.80. The van der Waals surface area contributed by atoms with Crippen LogP contribution in [0.3, 0.4) is 0 Å². The van der Waals surface area contributed by atoms with Crippen molar-refractivity contribution in [1.29, 1.82) is 0 Å². The molecule has 2 rings (SSSR count). The van der Waals surface area contributed by atoms with E-state index in [0.717, 1.165) is 0 Å². The number of carbonyl (C=O) groups is 2. The molecule has 0 radical (unpaired) electrons. The number of urea groups is 1. The Morgan fingerprint density at radius 1 is 1.42 bits per heavy atom. The molecule has 0 aliphatic rings. The number of hydrogen-bond acceptors (Lipinski definition) is 7. The van der Waals surface area contributed by atoms with E-state index in [-0.39, 0.29) is 12.2 Å². The Balaban J connectivity index is 1.75. The van der Waals surface area contributed by atoms with Crippen LogP contribution in [0.2, 0.25) is 0 Å². The number of aromatic nitrogens is 1. The van der Waals surface area contributed by atoms with E-state index < -0.39 is 16.9 Å². The topological polar surface area (TPSA) is 139 Å². The average molecular weight is 348 g/mol. The van der Waals surface area contributed by atoms with Gasteiger partial charge in [-0.1, -0.05) is 12.1 Å². The fourth-order valence-electron chi connectivity index (χ4n) is 1.52. The minimum absolute atomic E-state index is 0.0780. The molecule has 0 unspecified atom stereocenters. The Bertz CT molecular complexity index is 762. The van der Waals surface area contributed by atoms with Crippen LogP contribution in [-0.2, 0) is 4.79 Å². The molecule has 3 amide bonds. The van der Waals surface area contributed by atoms with Gasteiger partial charge in [0.25, 0.3) is 11.6 Å². The first-order valence-corrected chi connectivity index (χ1v) is 7.43. The van der Waals surface area contributed by atoms with Crippen LogP contribution in [-0.4, -0.2) is 34.6 Å². The van der Waals surface area contributed by atoms with Crippen molar-refractivity contribution in [1.82, 2.24) is 15.7 Å². The maximum atomic E-state index is 11.5. The van der Waals surface area contributed by atoms with Crippen LogP contribution in [0.5, 0.6) is 0 Å². The molecule has 0 aliphatic carbocycles. The highest BCUT2D eigenvalue weighted by atomic mass is 32.1. The van der Waals surface area contributed by atoms with Crippen molar-refractivity contribution < 1.29 is 14.5 Å². The molecule has 0 atom stereocenters. The monoisotopic (exact) mass is 348 g/mol. The van der Waals surface area contributed by atoms with E-state index in [9.17, 15) is 19.7 Å². The number of rotatable bonds is 6. The summed E-state index contributed by atoms with van der Waals surface area (Å²) < 4.78 is 0. The molecule has 1 aromatic carbocycles. The number of hydrogen-bond donors (Lipinski definition) is 3. The van der Waals surface area contributed by atoms with Crippen molar-refractivity contribution >= 4 is 40.3 Å². The van der Waals surface area contributed by atoms with Crippen LogP contribution in [0.15, 0.2) is 40.9 Å². The quantitative estimate of drug-likeness (QED) is 0.410. The van der Waals surface area contributed by atoms with Gasteiger partial charge in [0.15, 0.2) is 5.13 Å². The van der Waals surface area contributed by atoms with Gasteiger partial charge in [0.2, 0.25) is 0 Å². The SMILES string of the molecule is O=C(CNC(=O)Nc1nccs1)N/N=C/c1cccc([N+](=O)[O-])c1. The van der Waals surface area contributed by atoms with Crippen LogP contribution in [0, 0.1) is 10.1 Å². The molecular formula is C13H12N6O4S. The van der Waals surface area contributed by atoms with E-state index in [2.05, 4.69) is 26.1 Å². The van der Waals surface area contributed by atoms with Crippen molar-refractivity contribution in [2.45, 2.75) is 0 Å². The minimum Gasteiger partial charge on any atom is -0.329 e. The molecule has 0 saturated carbocycles. The first-order chi connectivity index (χ1) is 11.5. The summed E-state index contributed by atoms with van der Waals surface area (Å²) in [6, 6.07) is 5.20. The third-order valence-electron chi connectivity index (χ3n) is 2.55. The average Bonchev–Trinajstić information content (AvgIpc) is 3.06. The second-order valence-electron chi connectivity index (χ2n) is 4.29. The number of benzene rings is 1. The van der Waals surface area contributed by atoms with Crippen molar-refractivity contribution in [3.8, 4) is 0 Å². The Morgan fingerprint density at radius 3 is 2.96 bits per heavy atom. The van der Waals surface area contributed by atoms with E-state index in [1.165, 1.54) is 41.9 Å². The van der Waals surface area contributed by atoms with E-state index in [4.69, 9.17) is 0 Å². The molecule has 24 heavy (non-hydrogen) atoms. The lowest BCUT2D eigenvalue weighted by Crippen LogP contribution is -2.37. The molecule has 0 fully saturated rings. The zero-order valence-electron chi connectivity index (χ0n) is 12.1. The van der Waals surface area contributed by atoms with Gasteiger partial charge >= 0.3 is 6.03 Å². The number of amides is 3. The molecular weight excluding hydrogens is 336 g/mol. The molecule has 3 N–H and O–H groups in total. The van der Waals surface area contributed by atoms with Gasteiger partial charge in [-0.25, -0.2) is 15.2 Å². The molecule has 11 heteroatoms. The molecule has 1 heterocycles. The largest absolute Gasteiger partial charge is 0.329 e. The highest BCUT2D eigenvalue weighted by molar-refractivity contribution is 7.13. The fourth-order valence-corrected chi connectivity index (χ4v) is 2.05. The smallest absolute Gasteiger partial charge is 0.321 e. The molecule has 2 aromatic rings. The Morgan fingerprint density at radius 2 is 2.25 bits per heavy atom. The summed E-state index contributed by atoms with van der Waals surface area (Å²) in [7, 11) is 0. The summed E-state index contributed by atoms with van der Waals surface area (Å²) in [5, 5.41) is 21.2. The predicted octanol–water partition coefficient (Wildman–Crippen LogP) is 1.32. The van der Waals surface area contributed by atoms with Gasteiger partial charge < -0.3 is 5.32 Å². The highest BCUT2D eigenvalue weighted by Gasteiger charge is 2.06. The van der Waals surface area contributed by atoms with Crippen molar-refractivity contribution in [3.05, 3.63) is 51.5 Å². The van der Waals surface area contributed by atoms with Gasteiger partial charge in [0, 0.05) is 29.3 Å². The van der Waals surface area contributed by atoms with Gasteiger partial charge in [0.05, 0.1) is 11.1 Å². The number of hydrazone groups is 1. The Kier molecular flexibility index (Phi) is 5.91. The van der Waals surface area contributed by atoms with E-state index in [1.807, 2.05) is 0 Å². The lowest BCUT2D eigenvalue weighted by Gasteiger charge is -2.04. The number of non-ortho nitro benzene ring substituents is 1. The van der Waals surface area contributed by atoms with Gasteiger partial charge in [-0.15, -0.1) is 11.3 Å². The van der Waals surface area contributed by atoms with Crippen LogP contribution >= 0.6 is 11.3 Å². The van der Waals surface area contributed by atoms with Gasteiger partial charge in [-0.3, -0.25) is 20.2 Å². The van der Waals surface area contributed by atoms with Gasteiger partial charge in [-0.2, -0.15) is 5.10 Å². The van der Waals surface area contributed by atoms with E-state index in [0.29, 0.717) is 10.7 Å². The molecule has 1 aromatic heterocycles. The molecule has 124 valence electrons. The maximum absolute atomic E-state index is 11.5. The summed E-state index contributed by atoms with van der Waals surface area (Å²) in [6.45, 7) is -0.288. The zero-order valence-corrected chi connectivity index (χ0v) is 12.9. The summed E-state index contributed by atoms with van der Waals surface area (Å²) in [4.78, 5) is 37.0. The maximum Gasteiger partial charge on any atom is 0.321 e. The number of nitro benzene ring substituents is 1. The first-order valence-electron chi connectivity index (χ1n) is 6.55. The summed E-state index contributed by atoms with van der Waals surface area (Å²) in [5.41, 5.74) is 2.58. The van der Waals surface area contributed by atoms with Gasteiger partial charge in [0.1, 0.15) is 6.54 Å². The zero-order chi connectivity index (χ0) is 17.4. The fraction of sp³-hybridized carbons (Fsp3) is 0.0769. The van der Waals surface area contributed by atoms with Crippen molar-refractivity contribution in [3.63, 3.8) is 0 Å². The number of nitro groups is 1. The lowest BCUT2D eigenvalue weighted by atomic mass is 10.2. The van der Waals surface area contributed by atoms with Crippen LogP contribution in [0.25, 0.3) is 0 Å². The molecule has 0 bridgehead atoms.